The van der Waals surface area contributed by atoms with Crippen molar-refractivity contribution in [1.29, 1.82) is 0 Å². The monoisotopic (exact) mass is 268 g/mol. The number of carbonyl (C=O) groups is 1. The highest BCUT2D eigenvalue weighted by Crippen LogP contribution is 2.41. The van der Waals surface area contributed by atoms with Crippen LogP contribution in [0.1, 0.15) is 28.4 Å². The topological polar surface area (TPSA) is 46.5 Å². The Morgan fingerprint density at radius 1 is 1.25 bits per heavy atom. The molecular formula is C17H16O3. The Hall–Kier alpha value is -2.29. The van der Waals surface area contributed by atoms with E-state index in [1.54, 1.807) is 18.2 Å². The second-order valence-electron chi connectivity index (χ2n) is 5.53. The molecule has 0 fully saturated rings. The third-order valence-corrected chi connectivity index (χ3v) is 3.86. The largest absolute Gasteiger partial charge is 0.492 e. The van der Waals surface area contributed by atoms with E-state index in [2.05, 4.69) is 19.1 Å². The number of rotatable bonds is 3. The molecular weight excluding hydrogens is 252 g/mol. The molecule has 0 radical (unpaired) electrons. The third kappa shape index (κ3) is 2.16. The molecule has 0 spiro atoms. The van der Waals surface area contributed by atoms with Crippen molar-refractivity contribution in [3.63, 3.8) is 0 Å². The molecule has 1 atom stereocenters. The van der Waals surface area contributed by atoms with Gasteiger partial charge in [0.1, 0.15) is 5.75 Å². The number of carboxylic acids is 1. The van der Waals surface area contributed by atoms with Crippen LogP contribution in [0.2, 0.25) is 0 Å². The summed E-state index contributed by atoms with van der Waals surface area (Å²) in [5.74, 6) is -0.102. The molecule has 1 heterocycles. The standard InChI is InChI=1S/C17H16O3/c1-17(10-12-5-3-2-4-6-12)11-20-15-8-7-13(16(18)19)9-14(15)17/h2-9H,10-11H2,1H3,(H,18,19). The Morgan fingerprint density at radius 3 is 2.70 bits per heavy atom. The highest BCUT2D eigenvalue weighted by molar-refractivity contribution is 5.88. The summed E-state index contributed by atoms with van der Waals surface area (Å²) in [5, 5.41) is 9.14. The molecule has 2 aromatic carbocycles. The van der Waals surface area contributed by atoms with Crippen LogP contribution in [0.3, 0.4) is 0 Å². The predicted molar refractivity (Wildman–Crippen MR) is 76.4 cm³/mol. The lowest BCUT2D eigenvalue weighted by Gasteiger charge is -2.23. The minimum atomic E-state index is -0.901. The predicted octanol–water partition coefficient (Wildman–Crippen LogP) is 3.28. The number of hydrogen-bond donors (Lipinski definition) is 1. The highest BCUT2D eigenvalue weighted by Gasteiger charge is 2.36. The quantitative estimate of drug-likeness (QED) is 0.929. The maximum Gasteiger partial charge on any atom is 0.335 e. The van der Waals surface area contributed by atoms with Gasteiger partial charge in [-0.3, -0.25) is 0 Å². The zero-order valence-corrected chi connectivity index (χ0v) is 11.3. The Labute approximate surface area is 117 Å². The summed E-state index contributed by atoms with van der Waals surface area (Å²) in [4.78, 5) is 11.1. The summed E-state index contributed by atoms with van der Waals surface area (Å²) in [6, 6.07) is 15.3. The molecule has 1 unspecified atom stereocenters. The molecule has 0 amide bonds. The van der Waals surface area contributed by atoms with Crippen LogP contribution in [0.5, 0.6) is 5.75 Å². The zero-order valence-electron chi connectivity index (χ0n) is 11.3. The summed E-state index contributed by atoms with van der Waals surface area (Å²) < 4.78 is 5.73. The molecule has 1 aliphatic rings. The number of carboxylic acid groups (broad SMARTS) is 1. The molecule has 2 aromatic rings. The normalized spacial score (nSPS) is 20.2. The summed E-state index contributed by atoms with van der Waals surface area (Å²) in [7, 11) is 0. The van der Waals surface area contributed by atoms with Crippen LogP contribution in [0.25, 0.3) is 0 Å². The maximum atomic E-state index is 11.1. The van der Waals surface area contributed by atoms with Crippen LogP contribution in [0.4, 0.5) is 0 Å². The van der Waals surface area contributed by atoms with Crippen molar-refractivity contribution in [3.05, 3.63) is 65.2 Å². The molecule has 102 valence electrons. The molecule has 0 aliphatic carbocycles. The molecule has 0 aromatic heterocycles. The Morgan fingerprint density at radius 2 is 2.00 bits per heavy atom. The van der Waals surface area contributed by atoms with Crippen molar-refractivity contribution in [3.8, 4) is 5.75 Å². The van der Waals surface area contributed by atoms with Crippen LogP contribution < -0.4 is 4.74 Å². The fourth-order valence-electron chi connectivity index (χ4n) is 2.77. The molecule has 3 nitrogen and oxygen atoms in total. The third-order valence-electron chi connectivity index (χ3n) is 3.86. The van der Waals surface area contributed by atoms with Crippen molar-refractivity contribution in [1.82, 2.24) is 0 Å². The minimum absolute atomic E-state index is 0.178. The van der Waals surface area contributed by atoms with E-state index >= 15 is 0 Å². The van der Waals surface area contributed by atoms with Gasteiger partial charge in [0, 0.05) is 11.0 Å². The molecule has 1 aliphatic heterocycles. The van der Waals surface area contributed by atoms with Crippen LogP contribution in [0.15, 0.2) is 48.5 Å². The van der Waals surface area contributed by atoms with E-state index in [9.17, 15) is 4.79 Å². The molecule has 1 N–H and O–H groups in total. The minimum Gasteiger partial charge on any atom is -0.492 e. The van der Waals surface area contributed by atoms with Gasteiger partial charge in [0.15, 0.2) is 0 Å². The van der Waals surface area contributed by atoms with Crippen LogP contribution in [0, 0.1) is 0 Å². The van der Waals surface area contributed by atoms with Crippen molar-refractivity contribution < 1.29 is 14.6 Å². The molecule has 0 saturated heterocycles. The van der Waals surface area contributed by atoms with Gasteiger partial charge < -0.3 is 9.84 Å². The number of benzene rings is 2. The summed E-state index contributed by atoms with van der Waals surface area (Å²) in [5.41, 5.74) is 2.35. The Balaban J connectivity index is 1.98. The SMILES string of the molecule is CC1(Cc2ccccc2)COc2ccc(C(=O)O)cc21. The molecule has 0 saturated carbocycles. The van der Waals surface area contributed by atoms with E-state index in [1.807, 2.05) is 18.2 Å². The summed E-state index contributed by atoms with van der Waals surface area (Å²) in [6.07, 6.45) is 0.837. The van der Waals surface area contributed by atoms with Gasteiger partial charge >= 0.3 is 5.97 Å². The van der Waals surface area contributed by atoms with E-state index in [1.165, 1.54) is 5.56 Å². The van der Waals surface area contributed by atoms with E-state index in [0.29, 0.717) is 12.2 Å². The lowest BCUT2D eigenvalue weighted by molar-refractivity contribution is 0.0697. The number of ether oxygens (including phenoxy) is 1. The van der Waals surface area contributed by atoms with Gasteiger partial charge in [0.05, 0.1) is 12.2 Å². The maximum absolute atomic E-state index is 11.1. The smallest absolute Gasteiger partial charge is 0.335 e. The summed E-state index contributed by atoms with van der Waals surface area (Å²) >= 11 is 0. The van der Waals surface area contributed by atoms with Crippen LogP contribution >= 0.6 is 0 Å². The second-order valence-corrected chi connectivity index (χ2v) is 5.53. The van der Waals surface area contributed by atoms with E-state index in [-0.39, 0.29) is 5.41 Å². The van der Waals surface area contributed by atoms with Crippen molar-refractivity contribution in [2.75, 3.05) is 6.61 Å². The zero-order chi connectivity index (χ0) is 14.2. The first-order valence-corrected chi connectivity index (χ1v) is 6.63. The lowest BCUT2D eigenvalue weighted by atomic mass is 9.78. The van der Waals surface area contributed by atoms with Gasteiger partial charge in [-0.1, -0.05) is 37.3 Å². The van der Waals surface area contributed by atoms with Gasteiger partial charge in [-0.05, 0) is 30.2 Å². The highest BCUT2D eigenvalue weighted by atomic mass is 16.5. The van der Waals surface area contributed by atoms with Crippen molar-refractivity contribution >= 4 is 5.97 Å². The van der Waals surface area contributed by atoms with Crippen LogP contribution in [-0.2, 0) is 11.8 Å². The fraction of sp³-hybridized carbons (Fsp3) is 0.235. The second kappa shape index (κ2) is 4.67. The number of hydrogen-bond acceptors (Lipinski definition) is 2. The number of fused-ring (bicyclic) bond motifs is 1. The van der Waals surface area contributed by atoms with E-state index in [0.717, 1.165) is 17.7 Å². The van der Waals surface area contributed by atoms with E-state index in [4.69, 9.17) is 9.84 Å². The average molecular weight is 268 g/mol. The molecule has 0 bridgehead atoms. The van der Waals surface area contributed by atoms with Gasteiger partial charge in [0.25, 0.3) is 0 Å². The van der Waals surface area contributed by atoms with Gasteiger partial charge in [-0.15, -0.1) is 0 Å². The van der Waals surface area contributed by atoms with Crippen molar-refractivity contribution in [2.24, 2.45) is 0 Å². The first-order chi connectivity index (χ1) is 9.58. The Kier molecular flexibility index (Phi) is 2.97. The lowest BCUT2D eigenvalue weighted by Crippen LogP contribution is -2.26. The average Bonchev–Trinajstić information content (AvgIpc) is 2.77. The first kappa shape index (κ1) is 12.7. The molecule has 3 rings (SSSR count). The summed E-state index contributed by atoms with van der Waals surface area (Å²) in [6.45, 7) is 2.71. The first-order valence-electron chi connectivity index (χ1n) is 6.63. The number of aromatic carboxylic acids is 1. The van der Waals surface area contributed by atoms with E-state index < -0.39 is 5.97 Å². The van der Waals surface area contributed by atoms with Crippen molar-refractivity contribution in [2.45, 2.75) is 18.8 Å². The molecule has 3 heteroatoms. The van der Waals surface area contributed by atoms with Crippen LogP contribution in [-0.4, -0.2) is 17.7 Å². The van der Waals surface area contributed by atoms with Gasteiger partial charge in [-0.25, -0.2) is 4.79 Å². The fourth-order valence-corrected chi connectivity index (χ4v) is 2.77. The van der Waals surface area contributed by atoms with Gasteiger partial charge in [-0.2, -0.15) is 0 Å². The molecule has 20 heavy (non-hydrogen) atoms. The Bertz CT molecular complexity index is 649. The van der Waals surface area contributed by atoms with Gasteiger partial charge in [0.2, 0.25) is 0 Å².